The van der Waals surface area contributed by atoms with Crippen molar-refractivity contribution in [3.8, 4) is 0 Å². The summed E-state index contributed by atoms with van der Waals surface area (Å²) in [6.07, 6.45) is 0.482. The topological polar surface area (TPSA) is 50.8 Å². The van der Waals surface area contributed by atoms with Crippen LogP contribution in [0.15, 0.2) is 30.8 Å². The number of ether oxygens (including phenoxy) is 2. The zero-order valence-corrected chi connectivity index (χ0v) is 15.1. The first-order valence-corrected chi connectivity index (χ1v) is 8.32. The Hall–Kier alpha value is -1.85. The van der Waals surface area contributed by atoms with Crippen molar-refractivity contribution in [3.63, 3.8) is 0 Å². The summed E-state index contributed by atoms with van der Waals surface area (Å²) >= 11 is 0. The van der Waals surface area contributed by atoms with E-state index in [1.165, 1.54) is 0 Å². The third-order valence-corrected chi connectivity index (χ3v) is 4.23. The van der Waals surface area contributed by atoms with Gasteiger partial charge in [0.25, 0.3) is 0 Å². The second kappa shape index (κ2) is 7.81. The summed E-state index contributed by atoms with van der Waals surface area (Å²) in [7, 11) is 1.78. The standard InChI is InChI=1S/C19H28N2O3/c1-14(2)15-7-6-8-16(13-15)19(3,4)20-18(22)21(5)10-9-17-23-11-12-24-17/h6-8,13,17H,1,9-12H2,2-5H3,(H,20,22). The van der Waals surface area contributed by atoms with Gasteiger partial charge in [0.2, 0.25) is 0 Å². The van der Waals surface area contributed by atoms with Gasteiger partial charge in [0.05, 0.1) is 18.8 Å². The largest absolute Gasteiger partial charge is 0.350 e. The molecule has 1 aliphatic rings. The fraction of sp³-hybridized carbons (Fsp3) is 0.526. The fourth-order valence-electron chi connectivity index (χ4n) is 2.58. The van der Waals surface area contributed by atoms with Crippen LogP contribution in [0.3, 0.4) is 0 Å². The molecule has 0 spiro atoms. The van der Waals surface area contributed by atoms with Gasteiger partial charge in [0, 0.05) is 20.0 Å². The van der Waals surface area contributed by atoms with Gasteiger partial charge in [0.15, 0.2) is 6.29 Å². The number of hydrogen-bond acceptors (Lipinski definition) is 3. The van der Waals surface area contributed by atoms with Gasteiger partial charge in [-0.15, -0.1) is 0 Å². The number of urea groups is 1. The molecule has 1 fully saturated rings. The van der Waals surface area contributed by atoms with Gasteiger partial charge in [-0.05, 0) is 38.0 Å². The number of hydrogen-bond donors (Lipinski definition) is 1. The predicted molar refractivity (Wildman–Crippen MR) is 95.6 cm³/mol. The molecule has 5 nitrogen and oxygen atoms in total. The first-order chi connectivity index (χ1) is 11.3. The fourth-order valence-corrected chi connectivity index (χ4v) is 2.58. The Morgan fingerprint density at radius 2 is 2.04 bits per heavy atom. The molecule has 1 aromatic carbocycles. The molecule has 0 saturated carbocycles. The Morgan fingerprint density at radius 3 is 2.67 bits per heavy atom. The van der Waals surface area contributed by atoms with Crippen molar-refractivity contribution in [3.05, 3.63) is 42.0 Å². The quantitative estimate of drug-likeness (QED) is 0.869. The minimum absolute atomic E-state index is 0.112. The monoisotopic (exact) mass is 332 g/mol. The minimum atomic E-state index is -0.475. The third kappa shape index (κ3) is 4.82. The van der Waals surface area contributed by atoms with Gasteiger partial charge in [-0.2, -0.15) is 0 Å². The molecule has 24 heavy (non-hydrogen) atoms. The highest BCUT2D eigenvalue weighted by atomic mass is 16.7. The van der Waals surface area contributed by atoms with Crippen LogP contribution in [0.5, 0.6) is 0 Å². The Bertz CT molecular complexity index is 592. The summed E-state index contributed by atoms with van der Waals surface area (Å²) in [6, 6.07) is 8.00. The number of carbonyl (C=O) groups is 1. The Labute approximate surface area is 144 Å². The lowest BCUT2D eigenvalue weighted by atomic mass is 9.92. The Morgan fingerprint density at radius 1 is 1.38 bits per heavy atom. The molecule has 1 aromatic rings. The van der Waals surface area contributed by atoms with Crippen molar-refractivity contribution in [2.24, 2.45) is 0 Å². The number of rotatable bonds is 6. The molecular weight excluding hydrogens is 304 g/mol. The number of benzene rings is 1. The van der Waals surface area contributed by atoms with Gasteiger partial charge in [-0.25, -0.2) is 4.79 Å². The summed E-state index contributed by atoms with van der Waals surface area (Å²) in [4.78, 5) is 14.1. The highest BCUT2D eigenvalue weighted by Crippen LogP contribution is 2.23. The molecule has 1 N–H and O–H groups in total. The average Bonchev–Trinajstić information content (AvgIpc) is 3.05. The molecule has 0 bridgehead atoms. The summed E-state index contributed by atoms with van der Waals surface area (Å²) < 4.78 is 10.8. The molecule has 0 aromatic heterocycles. The van der Waals surface area contributed by atoms with Gasteiger partial charge in [-0.3, -0.25) is 0 Å². The van der Waals surface area contributed by atoms with E-state index in [1.54, 1.807) is 11.9 Å². The number of nitrogens with one attached hydrogen (secondary N) is 1. The number of allylic oxidation sites excluding steroid dienone is 1. The molecule has 1 aliphatic heterocycles. The van der Waals surface area contributed by atoms with E-state index in [0.29, 0.717) is 26.2 Å². The van der Waals surface area contributed by atoms with Crippen LogP contribution in [0, 0.1) is 0 Å². The van der Waals surface area contributed by atoms with Gasteiger partial charge < -0.3 is 19.7 Å². The molecule has 0 aliphatic carbocycles. The van der Waals surface area contributed by atoms with E-state index >= 15 is 0 Å². The SMILES string of the molecule is C=C(C)c1cccc(C(C)(C)NC(=O)N(C)CCC2OCCO2)c1. The molecule has 5 heteroatoms. The summed E-state index contributed by atoms with van der Waals surface area (Å²) in [5.41, 5.74) is 2.66. The Balaban J connectivity index is 1.95. The van der Waals surface area contributed by atoms with Crippen LogP contribution in [-0.4, -0.2) is 44.0 Å². The smallest absolute Gasteiger partial charge is 0.317 e. The number of nitrogens with zero attached hydrogens (tertiary/aromatic N) is 1. The van der Waals surface area contributed by atoms with Crippen molar-refractivity contribution in [1.29, 1.82) is 0 Å². The van der Waals surface area contributed by atoms with E-state index < -0.39 is 5.54 Å². The van der Waals surface area contributed by atoms with Crippen molar-refractivity contribution in [1.82, 2.24) is 10.2 Å². The molecule has 0 atom stereocenters. The lowest BCUT2D eigenvalue weighted by molar-refractivity contribution is -0.0490. The average molecular weight is 332 g/mol. The van der Waals surface area contributed by atoms with Crippen LogP contribution < -0.4 is 5.32 Å². The van der Waals surface area contributed by atoms with Crippen LogP contribution in [-0.2, 0) is 15.0 Å². The number of amides is 2. The normalized spacial score (nSPS) is 15.3. The van der Waals surface area contributed by atoms with Crippen LogP contribution >= 0.6 is 0 Å². The summed E-state index contributed by atoms with van der Waals surface area (Å²) in [5.74, 6) is 0. The van der Waals surface area contributed by atoms with Crippen LogP contribution in [0.2, 0.25) is 0 Å². The molecule has 2 rings (SSSR count). The zero-order chi connectivity index (χ0) is 17.7. The van der Waals surface area contributed by atoms with Gasteiger partial charge >= 0.3 is 6.03 Å². The van der Waals surface area contributed by atoms with E-state index in [4.69, 9.17) is 9.47 Å². The summed E-state index contributed by atoms with van der Waals surface area (Å²) in [5, 5.41) is 3.09. The van der Waals surface area contributed by atoms with E-state index in [-0.39, 0.29) is 12.3 Å². The Kier molecular flexibility index (Phi) is 6.02. The van der Waals surface area contributed by atoms with Crippen LogP contribution in [0.4, 0.5) is 4.79 Å². The second-order valence-corrected chi connectivity index (χ2v) is 6.80. The number of carbonyl (C=O) groups excluding carboxylic acids is 1. The van der Waals surface area contributed by atoms with E-state index in [9.17, 15) is 4.79 Å². The van der Waals surface area contributed by atoms with Gasteiger partial charge in [-0.1, -0.05) is 30.4 Å². The molecule has 2 amide bonds. The van der Waals surface area contributed by atoms with Crippen molar-refractivity contribution in [2.45, 2.75) is 39.0 Å². The van der Waals surface area contributed by atoms with Crippen LogP contribution in [0.1, 0.15) is 38.3 Å². The van der Waals surface area contributed by atoms with Crippen molar-refractivity contribution < 1.29 is 14.3 Å². The molecule has 132 valence electrons. The van der Waals surface area contributed by atoms with Gasteiger partial charge in [0.1, 0.15) is 0 Å². The highest BCUT2D eigenvalue weighted by molar-refractivity contribution is 5.75. The van der Waals surface area contributed by atoms with E-state index in [2.05, 4.69) is 18.0 Å². The maximum Gasteiger partial charge on any atom is 0.317 e. The van der Waals surface area contributed by atoms with Crippen molar-refractivity contribution in [2.75, 3.05) is 26.8 Å². The maximum atomic E-state index is 12.5. The zero-order valence-electron chi connectivity index (χ0n) is 15.1. The summed E-state index contributed by atoms with van der Waals surface area (Å²) in [6.45, 7) is 11.8. The maximum absolute atomic E-state index is 12.5. The third-order valence-electron chi connectivity index (χ3n) is 4.23. The predicted octanol–water partition coefficient (Wildman–Crippen LogP) is 3.36. The lowest BCUT2D eigenvalue weighted by Crippen LogP contribution is -2.47. The molecule has 1 heterocycles. The molecule has 0 radical (unpaired) electrons. The molecule has 0 unspecified atom stereocenters. The van der Waals surface area contributed by atoms with Crippen LogP contribution in [0.25, 0.3) is 5.57 Å². The van der Waals surface area contributed by atoms with E-state index in [1.807, 2.05) is 39.0 Å². The van der Waals surface area contributed by atoms with Crippen molar-refractivity contribution >= 4 is 11.6 Å². The highest BCUT2D eigenvalue weighted by Gasteiger charge is 2.25. The second-order valence-electron chi connectivity index (χ2n) is 6.80. The van der Waals surface area contributed by atoms with E-state index in [0.717, 1.165) is 16.7 Å². The lowest BCUT2D eigenvalue weighted by Gasteiger charge is -2.30. The first kappa shape index (κ1) is 18.5. The molecule has 1 saturated heterocycles. The molecular formula is C19H28N2O3. The minimum Gasteiger partial charge on any atom is -0.350 e. The first-order valence-electron chi connectivity index (χ1n) is 8.32.